The topological polar surface area (TPSA) is 88.3 Å². The molecule has 4 rings (SSSR count). The zero-order chi connectivity index (χ0) is 21.5. The maximum Gasteiger partial charge on any atom is 0.235 e. The van der Waals surface area contributed by atoms with Gasteiger partial charge in [0.15, 0.2) is 5.82 Å². The minimum absolute atomic E-state index is 0.0289. The van der Waals surface area contributed by atoms with Crippen LogP contribution >= 0.6 is 0 Å². The van der Waals surface area contributed by atoms with Gasteiger partial charge in [-0.3, -0.25) is 9.59 Å². The van der Waals surface area contributed by atoms with Gasteiger partial charge in [-0.1, -0.05) is 43.3 Å². The maximum atomic E-state index is 12.7. The molecule has 1 aliphatic carbocycles. The van der Waals surface area contributed by atoms with Crippen LogP contribution in [0.5, 0.6) is 0 Å². The minimum Gasteiger partial charge on any atom is -0.353 e. The van der Waals surface area contributed by atoms with E-state index in [2.05, 4.69) is 15.5 Å². The molecular formula is C23H30N4O3. The van der Waals surface area contributed by atoms with Crippen molar-refractivity contribution in [2.24, 2.45) is 11.8 Å². The number of nitrogens with one attached hydrogen (secondary N) is 1. The molecule has 0 spiro atoms. The minimum atomic E-state index is -0.383. The van der Waals surface area contributed by atoms with E-state index in [9.17, 15) is 9.59 Å². The van der Waals surface area contributed by atoms with E-state index in [0.29, 0.717) is 37.6 Å². The van der Waals surface area contributed by atoms with E-state index in [-0.39, 0.29) is 35.1 Å². The van der Waals surface area contributed by atoms with Crippen LogP contribution in [0.2, 0.25) is 0 Å². The highest BCUT2D eigenvalue weighted by atomic mass is 16.5. The lowest BCUT2D eigenvalue weighted by molar-refractivity contribution is -0.134. The van der Waals surface area contributed by atoms with Crippen molar-refractivity contribution in [2.75, 3.05) is 13.1 Å². The number of carbonyl (C=O) groups excluding carboxylic acids is 2. The van der Waals surface area contributed by atoms with E-state index in [1.54, 1.807) is 6.92 Å². The number of aryl methyl sites for hydroxylation is 2. The molecule has 3 unspecified atom stereocenters. The summed E-state index contributed by atoms with van der Waals surface area (Å²) in [5.74, 6) is 1.53. The number of likely N-dealkylation sites (tertiary alicyclic amines) is 1. The normalized spacial score (nSPS) is 25.6. The Morgan fingerprint density at radius 3 is 2.73 bits per heavy atom. The van der Waals surface area contributed by atoms with Gasteiger partial charge in [-0.2, -0.15) is 4.98 Å². The smallest absolute Gasteiger partial charge is 0.235 e. The highest BCUT2D eigenvalue weighted by Crippen LogP contribution is 2.50. The van der Waals surface area contributed by atoms with Crippen molar-refractivity contribution in [1.29, 1.82) is 0 Å². The molecular weight excluding hydrogens is 380 g/mol. The Bertz CT molecular complexity index is 953. The molecule has 160 valence electrons. The summed E-state index contributed by atoms with van der Waals surface area (Å²) in [7, 11) is 0. The van der Waals surface area contributed by atoms with Gasteiger partial charge in [-0.25, -0.2) is 0 Å². The van der Waals surface area contributed by atoms with E-state index >= 15 is 0 Å². The van der Waals surface area contributed by atoms with Gasteiger partial charge in [0.1, 0.15) is 0 Å². The van der Waals surface area contributed by atoms with Gasteiger partial charge in [0.25, 0.3) is 0 Å². The van der Waals surface area contributed by atoms with Gasteiger partial charge in [0.05, 0.1) is 11.8 Å². The number of hydrogen-bond acceptors (Lipinski definition) is 5. The third kappa shape index (κ3) is 3.73. The SMILES string of the molecule is Cc1noc(C23CC(NC(=O)Cc4ccccc4C)CC2CN(C(=O)C(C)C)C3)n1. The molecule has 7 nitrogen and oxygen atoms in total. The summed E-state index contributed by atoms with van der Waals surface area (Å²) in [5, 5.41) is 7.22. The molecule has 1 saturated heterocycles. The van der Waals surface area contributed by atoms with Crippen molar-refractivity contribution >= 4 is 11.8 Å². The van der Waals surface area contributed by atoms with Crippen LogP contribution in [0.25, 0.3) is 0 Å². The van der Waals surface area contributed by atoms with E-state index in [0.717, 1.165) is 17.5 Å². The van der Waals surface area contributed by atoms with Gasteiger partial charge in [-0.15, -0.1) is 0 Å². The third-order valence-corrected chi connectivity index (χ3v) is 6.61. The maximum absolute atomic E-state index is 12.7. The Morgan fingerprint density at radius 2 is 2.07 bits per heavy atom. The lowest BCUT2D eigenvalue weighted by atomic mass is 9.80. The molecule has 1 N–H and O–H groups in total. The lowest BCUT2D eigenvalue weighted by Crippen LogP contribution is -2.40. The summed E-state index contributed by atoms with van der Waals surface area (Å²) in [5.41, 5.74) is 1.78. The van der Waals surface area contributed by atoms with Crippen LogP contribution in [-0.4, -0.2) is 46.0 Å². The Labute approximate surface area is 177 Å². The molecule has 1 saturated carbocycles. The van der Waals surface area contributed by atoms with Crippen LogP contribution in [-0.2, 0) is 21.4 Å². The summed E-state index contributed by atoms with van der Waals surface area (Å²) >= 11 is 0. The van der Waals surface area contributed by atoms with Crippen LogP contribution in [0.15, 0.2) is 28.8 Å². The first kappa shape index (κ1) is 20.6. The van der Waals surface area contributed by atoms with Crippen molar-refractivity contribution in [3.8, 4) is 0 Å². The molecule has 3 atom stereocenters. The number of carbonyl (C=O) groups is 2. The number of rotatable bonds is 5. The second-order valence-corrected chi connectivity index (χ2v) is 9.18. The molecule has 1 aromatic heterocycles. The molecule has 1 aliphatic heterocycles. The Kier molecular flexibility index (Phi) is 5.38. The lowest BCUT2D eigenvalue weighted by Gasteiger charge is -2.26. The number of hydrogen-bond donors (Lipinski definition) is 1. The first-order valence-corrected chi connectivity index (χ1v) is 10.7. The molecule has 2 heterocycles. The van der Waals surface area contributed by atoms with Gasteiger partial charge in [0.2, 0.25) is 17.7 Å². The Morgan fingerprint density at radius 1 is 1.30 bits per heavy atom. The fourth-order valence-corrected chi connectivity index (χ4v) is 5.10. The molecule has 30 heavy (non-hydrogen) atoms. The standard InChI is InChI=1S/C23H30N4O3/c1-14(2)21(29)27-12-18-10-19(11-23(18,13-27)22-24-16(4)26-30-22)25-20(28)9-17-8-6-5-7-15(17)3/h5-8,14,18-19H,9-13H2,1-4H3,(H,25,28). The Balaban J connectivity index is 1.50. The predicted octanol–water partition coefficient (Wildman–Crippen LogP) is 2.56. The molecule has 2 fully saturated rings. The average Bonchev–Trinajstić information content (AvgIpc) is 3.35. The van der Waals surface area contributed by atoms with E-state index < -0.39 is 0 Å². The second kappa shape index (κ2) is 7.85. The van der Waals surface area contributed by atoms with Crippen LogP contribution < -0.4 is 5.32 Å². The highest BCUT2D eigenvalue weighted by Gasteiger charge is 2.58. The van der Waals surface area contributed by atoms with Gasteiger partial charge in [0, 0.05) is 25.0 Å². The number of fused-ring (bicyclic) bond motifs is 1. The van der Waals surface area contributed by atoms with Gasteiger partial charge < -0.3 is 14.7 Å². The van der Waals surface area contributed by atoms with Crippen molar-refractivity contribution in [3.05, 3.63) is 47.1 Å². The number of aromatic nitrogens is 2. The van der Waals surface area contributed by atoms with Crippen molar-refractivity contribution in [1.82, 2.24) is 20.4 Å². The summed E-state index contributed by atoms with van der Waals surface area (Å²) in [6.07, 6.45) is 1.89. The molecule has 2 aliphatic rings. The molecule has 0 radical (unpaired) electrons. The number of amides is 2. The number of benzene rings is 1. The highest BCUT2D eigenvalue weighted by molar-refractivity contribution is 5.80. The largest absolute Gasteiger partial charge is 0.353 e. The first-order chi connectivity index (χ1) is 14.3. The van der Waals surface area contributed by atoms with Crippen molar-refractivity contribution in [3.63, 3.8) is 0 Å². The van der Waals surface area contributed by atoms with Gasteiger partial charge in [-0.05, 0) is 43.7 Å². The fraction of sp³-hybridized carbons (Fsp3) is 0.565. The Hall–Kier alpha value is -2.70. The van der Waals surface area contributed by atoms with Crippen LogP contribution in [0.4, 0.5) is 0 Å². The summed E-state index contributed by atoms with van der Waals surface area (Å²) in [6.45, 7) is 8.92. The molecule has 2 aromatic rings. The average molecular weight is 411 g/mol. The van der Waals surface area contributed by atoms with Crippen LogP contribution in [0, 0.1) is 25.7 Å². The molecule has 7 heteroatoms. The van der Waals surface area contributed by atoms with Crippen LogP contribution in [0.1, 0.15) is 49.5 Å². The molecule has 0 bridgehead atoms. The quantitative estimate of drug-likeness (QED) is 0.818. The second-order valence-electron chi connectivity index (χ2n) is 9.18. The zero-order valence-electron chi connectivity index (χ0n) is 18.1. The number of nitrogens with zero attached hydrogens (tertiary/aromatic N) is 3. The predicted molar refractivity (Wildman–Crippen MR) is 112 cm³/mol. The zero-order valence-corrected chi connectivity index (χ0v) is 18.1. The summed E-state index contributed by atoms with van der Waals surface area (Å²) in [6, 6.07) is 8.00. The third-order valence-electron chi connectivity index (χ3n) is 6.61. The molecule has 1 aromatic carbocycles. The van der Waals surface area contributed by atoms with E-state index in [4.69, 9.17) is 4.52 Å². The summed E-state index contributed by atoms with van der Waals surface area (Å²) in [4.78, 5) is 31.8. The van der Waals surface area contributed by atoms with E-state index in [1.165, 1.54) is 0 Å². The monoisotopic (exact) mass is 410 g/mol. The van der Waals surface area contributed by atoms with Gasteiger partial charge >= 0.3 is 0 Å². The fourth-order valence-electron chi connectivity index (χ4n) is 5.10. The summed E-state index contributed by atoms with van der Waals surface area (Å²) < 4.78 is 5.59. The van der Waals surface area contributed by atoms with Crippen molar-refractivity contribution < 1.29 is 14.1 Å². The van der Waals surface area contributed by atoms with Crippen molar-refractivity contribution in [2.45, 2.75) is 58.4 Å². The molecule has 2 amide bonds. The van der Waals surface area contributed by atoms with E-state index in [1.807, 2.05) is 49.9 Å². The first-order valence-electron chi connectivity index (χ1n) is 10.7. The van der Waals surface area contributed by atoms with Crippen LogP contribution in [0.3, 0.4) is 0 Å².